The van der Waals surface area contributed by atoms with Crippen molar-refractivity contribution < 1.29 is 4.79 Å². The molecule has 1 saturated carbocycles. The standard InChI is InChI=1S/C20H28N4O/c1-3-24-14-19(13-22-24)23-20(25)18-6-4-5-17(11-18)15(2)9-10-21-12-16-7-8-16/h4-6,11,13-16,21H,3,7-10,12H2,1-2H3,(H,23,25). The molecule has 0 spiro atoms. The van der Waals surface area contributed by atoms with E-state index < -0.39 is 0 Å². The van der Waals surface area contributed by atoms with E-state index in [1.165, 1.54) is 18.4 Å². The minimum Gasteiger partial charge on any atom is -0.319 e. The van der Waals surface area contributed by atoms with Crippen molar-refractivity contribution in [1.82, 2.24) is 15.1 Å². The maximum Gasteiger partial charge on any atom is 0.255 e. The van der Waals surface area contributed by atoms with Crippen LogP contribution in [0, 0.1) is 5.92 Å². The Morgan fingerprint density at radius 2 is 2.24 bits per heavy atom. The fourth-order valence-electron chi connectivity index (χ4n) is 2.90. The molecule has 1 atom stereocenters. The lowest BCUT2D eigenvalue weighted by Gasteiger charge is -2.13. The Bertz CT molecular complexity index is 705. The zero-order valence-electron chi connectivity index (χ0n) is 15.2. The molecule has 0 aliphatic heterocycles. The molecular formula is C20H28N4O. The van der Waals surface area contributed by atoms with Gasteiger partial charge in [0.25, 0.3) is 5.91 Å². The van der Waals surface area contributed by atoms with Crippen LogP contribution in [0.2, 0.25) is 0 Å². The number of nitrogens with one attached hydrogen (secondary N) is 2. The summed E-state index contributed by atoms with van der Waals surface area (Å²) in [5, 5.41) is 10.6. The number of hydrogen-bond acceptors (Lipinski definition) is 3. The van der Waals surface area contributed by atoms with Crippen molar-refractivity contribution in [3.63, 3.8) is 0 Å². The van der Waals surface area contributed by atoms with Crippen LogP contribution in [-0.4, -0.2) is 28.8 Å². The van der Waals surface area contributed by atoms with Crippen LogP contribution in [0.1, 0.15) is 54.9 Å². The molecule has 5 nitrogen and oxygen atoms in total. The molecule has 2 N–H and O–H groups in total. The molecule has 0 radical (unpaired) electrons. The first-order valence-electron chi connectivity index (χ1n) is 9.30. The number of anilines is 1. The smallest absolute Gasteiger partial charge is 0.255 e. The van der Waals surface area contributed by atoms with Crippen LogP contribution in [0.5, 0.6) is 0 Å². The summed E-state index contributed by atoms with van der Waals surface area (Å²) in [5.74, 6) is 1.26. The lowest BCUT2D eigenvalue weighted by atomic mass is 9.96. The van der Waals surface area contributed by atoms with Gasteiger partial charge in [-0.3, -0.25) is 9.48 Å². The molecule has 1 aliphatic carbocycles. The summed E-state index contributed by atoms with van der Waals surface area (Å²) in [6.45, 7) is 7.21. The Kier molecular flexibility index (Phi) is 5.87. The Morgan fingerprint density at radius 1 is 1.40 bits per heavy atom. The van der Waals surface area contributed by atoms with Crippen LogP contribution in [0.4, 0.5) is 5.69 Å². The van der Waals surface area contributed by atoms with Crippen molar-refractivity contribution in [2.75, 3.05) is 18.4 Å². The third-order valence-corrected chi connectivity index (χ3v) is 4.82. The predicted octanol–water partition coefficient (Wildman–Crippen LogP) is 3.65. The largest absolute Gasteiger partial charge is 0.319 e. The van der Waals surface area contributed by atoms with Crippen LogP contribution in [0.25, 0.3) is 0 Å². The number of carbonyl (C=O) groups is 1. The summed E-state index contributed by atoms with van der Waals surface area (Å²) in [6.07, 6.45) is 7.38. The van der Waals surface area contributed by atoms with Gasteiger partial charge in [0.1, 0.15) is 0 Å². The first-order chi connectivity index (χ1) is 12.2. The van der Waals surface area contributed by atoms with Gasteiger partial charge in [0.2, 0.25) is 0 Å². The number of rotatable bonds is 9. The molecular weight excluding hydrogens is 312 g/mol. The van der Waals surface area contributed by atoms with Crippen molar-refractivity contribution in [1.29, 1.82) is 0 Å². The molecule has 3 rings (SSSR count). The minimum absolute atomic E-state index is 0.0865. The molecule has 2 aromatic rings. The number of amides is 1. The minimum atomic E-state index is -0.0865. The van der Waals surface area contributed by atoms with E-state index in [0.29, 0.717) is 11.5 Å². The molecule has 1 unspecified atom stereocenters. The monoisotopic (exact) mass is 340 g/mol. The van der Waals surface area contributed by atoms with Crippen LogP contribution >= 0.6 is 0 Å². The lowest BCUT2D eigenvalue weighted by molar-refractivity contribution is 0.102. The molecule has 25 heavy (non-hydrogen) atoms. The summed E-state index contributed by atoms with van der Waals surface area (Å²) in [6, 6.07) is 7.94. The number of hydrogen-bond donors (Lipinski definition) is 2. The van der Waals surface area contributed by atoms with Crippen molar-refractivity contribution in [2.45, 2.75) is 45.6 Å². The van der Waals surface area contributed by atoms with Gasteiger partial charge < -0.3 is 10.6 Å². The Morgan fingerprint density at radius 3 is 2.96 bits per heavy atom. The molecule has 1 fully saturated rings. The lowest BCUT2D eigenvalue weighted by Crippen LogP contribution is -2.19. The highest BCUT2D eigenvalue weighted by Gasteiger charge is 2.20. The highest BCUT2D eigenvalue weighted by molar-refractivity contribution is 6.04. The van der Waals surface area contributed by atoms with E-state index in [1.807, 2.05) is 31.3 Å². The zero-order valence-corrected chi connectivity index (χ0v) is 15.2. The Balaban J connectivity index is 1.54. The average Bonchev–Trinajstić information content (AvgIpc) is 3.35. The summed E-state index contributed by atoms with van der Waals surface area (Å²) < 4.78 is 1.79. The highest BCUT2D eigenvalue weighted by atomic mass is 16.1. The van der Waals surface area contributed by atoms with Gasteiger partial charge in [-0.2, -0.15) is 5.10 Å². The van der Waals surface area contributed by atoms with Gasteiger partial charge in [-0.15, -0.1) is 0 Å². The fraction of sp³-hybridized carbons (Fsp3) is 0.500. The molecule has 1 aromatic carbocycles. The van der Waals surface area contributed by atoms with Crippen LogP contribution in [0.15, 0.2) is 36.7 Å². The van der Waals surface area contributed by atoms with Crippen LogP contribution in [-0.2, 0) is 6.54 Å². The second kappa shape index (κ2) is 8.30. The van der Waals surface area contributed by atoms with E-state index in [9.17, 15) is 4.79 Å². The van der Waals surface area contributed by atoms with E-state index in [0.717, 1.165) is 37.7 Å². The number of nitrogens with zero attached hydrogens (tertiary/aromatic N) is 2. The van der Waals surface area contributed by atoms with Crippen LogP contribution in [0.3, 0.4) is 0 Å². The number of carbonyl (C=O) groups excluding carboxylic acids is 1. The van der Waals surface area contributed by atoms with E-state index >= 15 is 0 Å². The highest BCUT2D eigenvalue weighted by Crippen LogP contribution is 2.27. The molecule has 134 valence electrons. The summed E-state index contributed by atoms with van der Waals surface area (Å²) in [7, 11) is 0. The summed E-state index contributed by atoms with van der Waals surface area (Å²) in [5.41, 5.74) is 2.64. The van der Waals surface area contributed by atoms with Gasteiger partial charge in [-0.25, -0.2) is 0 Å². The SMILES string of the molecule is CCn1cc(NC(=O)c2cccc(C(C)CCNCC3CC3)c2)cn1. The van der Waals surface area contributed by atoms with E-state index in [2.05, 4.69) is 28.7 Å². The van der Waals surface area contributed by atoms with Crippen molar-refractivity contribution in [2.24, 2.45) is 5.92 Å². The van der Waals surface area contributed by atoms with Crippen molar-refractivity contribution in [3.05, 3.63) is 47.8 Å². The van der Waals surface area contributed by atoms with E-state index in [1.54, 1.807) is 10.9 Å². The zero-order chi connectivity index (χ0) is 17.6. The van der Waals surface area contributed by atoms with E-state index in [4.69, 9.17) is 0 Å². The quantitative estimate of drug-likeness (QED) is 0.685. The third kappa shape index (κ3) is 5.16. The third-order valence-electron chi connectivity index (χ3n) is 4.82. The van der Waals surface area contributed by atoms with Crippen molar-refractivity contribution in [3.8, 4) is 0 Å². The number of aryl methyl sites for hydroxylation is 1. The second-order valence-electron chi connectivity index (χ2n) is 7.00. The average molecular weight is 340 g/mol. The Labute approximate surface area is 149 Å². The van der Waals surface area contributed by atoms with E-state index in [-0.39, 0.29) is 5.91 Å². The topological polar surface area (TPSA) is 59.0 Å². The number of aromatic nitrogens is 2. The molecule has 1 amide bonds. The second-order valence-corrected chi connectivity index (χ2v) is 7.00. The van der Waals surface area contributed by atoms with Gasteiger partial charge in [0.15, 0.2) is 0 Å². The van der Waals surface area contributed by atoms with Gasteiger partial charge in [0, 0.05) is 18.3 Å². The molecule has 1 aliphatic rings. The first kappa shape index (κ1) is 17.7. The molecule has 5 heteroatoms. The fourth-order valence-corrected chi connectivity index (χ4v) is 2.90. The normalized spacial score (nSPS) is 15.1. The van der Waals surface area contributed by atoms with Crippen molar-refractivity contribution >= 4 is 11.6 Å². The maximum absolute atomic E-state index is 12.5. The van der Waals surface area contributed by atoms with Gasteiger partial charge in [-0.05, 0) is 68.8 Å². The first-order valence-corrected chi connectivity index (χ1v) is 9.30. The Hall–Kier alpha value is -2.14. The maximum atomic E-state index is 12.5. The van der Waals surface area contributed by atoms with Gasteiger partial charge in [-0.1, -0.05) is 19.1 Å². The number of benzene rings is 1. The molecule has 1 aromatic heterocycles. The molecule has 1 heterocycles. The summed E-state index contributed by atoms with van der Waals surface area (Å²) in [4.78, 5) is 12.5. The molecule has 0 bridgehead atoms. The van der Waals surface area contributed by atoms with Crippen LogP contribution < -0.4 is 10.6 Å². The molecule has 0 saturated heterocycles. The van der Waals surface area contributed by atoms with Gasteiger partial charge >= 0.3 is 0 Å². The predicted molar refractivity (Wildman–Crippen MR) is 101 cm³/mol. The van der Waals surface area contributed by atoms with Gasteiger partial charge in [0.05, 0.1) is 11.9 Å². The summed E-state index contributed by atoms with van der Waals surface area (Å²) >= 11 is 0.